The number of nitrogens with one attached hydrogen (secondary N) is 2. The van der Waals surface area contributed by atoms with Crippen LogP contribution in [0.15, 0.2) is 106 Å². The van der Waals surface area contributed by atoms with E-state index in [1.54, 1.807) is 0 Å². The van der Waals surface area contributed by atoms with Crippen LogP contribution in [0, 0.1) is 0 Å². The second-order valence-electron chi connectivity index (χ2n) is 8.70. The lowest BCUT2D eigenvalue weighted by molar-refractivity contribution is -0.115. The third kappa shape index (κ3) is 6.37. The van der Waals surface area contributed by atoms with E-state index in [0.29, 0.717) is 8.68 Å². The molecule has 0 spiro atoms. The molecule has 2 aromatic heterocycles. The summed E-state index contributed by atoms with van der Waals surface area (Å²) in [5.74, 6) is 0. The Labute approximate surface area is 247 Å². The Hall–Kier alpha value is -3.70. The first-order valence-corrected chi connectivity index (χ1v) is 15.7. The third-order valence-electron chi connectivity index (χ3n) is 5.83. The summed E-state index contributed by atoms with van der Waals surface area (Å²) in [7, 11) is 0. The molecular formula is C30H22N4O2S4. The molecular weight excluding hydrogens is 577 g/mol. The van der Waals surface area contributed by atoms with Crippen molar-refractivity contribution in [2.45, 2.75) is 21.5 Å². The molecule has 0 atom stereocenters. The summed E-state index contributed by atoms with van der Waals surface area (Å²) in [4.78, 5) is 34.7. The van der Waals surface area contributed by atoms with E-state index >= 15 is 0 Å². The maximum Gasteiger partial charge on any atom is 0.196 e. The van der Waals surface area contributed by atoms with Crippen molar-refractivity contribution in [3.63, 3.8) is 0 Å². The van der Waals surface area contributed by atoms with E-state index in [4.69, 9.17) is 0 Å². The highest BCUT2D eigenvalue weighted by Crippen LogP contribution is 2.38. The van der Waals surface area contributed by atoms with Crippen LogP contribution < -0.4 is 10.6 Å². The number of fused-ring (bicyclic) bond motifs is 2. The number of para-hydroxylation sites is 2. The van der Waals surface area contributed by atoms with Crippen LogP contribution in [0.3, 0.4) is 0 Å². The Morgan fingerprint density at radius 3 is 1.43 bits per heavy atom. The van der Waals surface area contributed by atoms with E-state index in [1.807, 2.05) is 97.1 Å². The van der Waals surface area contributed by atoms with Crippen molar-refractivity contribution < 1.29 is 9.59 Å². The van der Waals surface area contributed by atoms with Gasteiger partial charge in [-0.3, -0.25) is 9.59 Å². The van der Waals surface area contributed by atoms with E-state index in [-0.39, 0.29) is 23.1 Å². The Balaban J connectivity index is 1.06. The van der Waals surface area contributed by atoms with Gasteiger partial charge < -0.3 is 10.6 Å². The summed E-state index contributed by atoms with van der Waals surface area (Å²) in [6.07, 6.45) is 0.292. The van der Waals surface area contributed by atoms with Gasteiger partial charge in [0.05, 0.1) is 31.8 Å². The topological polar surface area (TPSA) is 84.0 Å². The van der Waals surface area contributed by atoms with Crippen molar-refractivity contribution in [1.29, 1.82) is 0 Å². The molecule has 198 valence electrons. The van der Waals surface area contributed by atoms with Gasteiger partial charge in [-0.15, -0.1) is 22.7 Å². The second-order valence-corrected chi connectivity index (χ2v) is 13.3. The lowest BCUT2D eigenvalue weighted by Crippen LogP contribution is -1.97. The van der Waals surface area contributed by atoms with Gasteiger partial charge in [-0.2, -0.15) is 0 Å². The monoisotopic (exact) mass is 598 g/mol. The van der Waals surface area contributed by atoms with Crippen LogP contribution in [0.25, 0.3) is 20.4 Å². The minimum atomic E-state index is -0.0794. The molecule has 2 N–H and O–H groups in total. The number of anilines is 4. The molecule has 0 saturated heterocycles. The molecule has 0 saturated carbocycles. The number of carbonyl (C=O) groups excluding carboxylic acids is 2. The minimum absolute atomic E-state index is 0.0794. The Bertz CT molecular complexity index is 1670. The Morgan fingerprint density at radius 1 is 0.575 bits per heavy atom. The van der Waals surface area contributed by atoms with Crippen molar-refractivity contribution in [1.82, 2.24) is 9.97 Å². The van der Waals surface area contributed by atoms with Crippen LogP contribution in [0.1, 0.15) is 12.8 Å². The molecule has 0 amide bonds. The molecule has 6 rings (SSSR count). The van der Waals surface area contributed by atoms with Gasteiger partial charge in [-0.05, 0) is 72.1 Å². The summed E-state index contributed by atoms with van der Waals surface area (Å²) in [6, 6.07) is 31.6. The molecule has 4 aromatic carbocycles. The molecule has 0 aliphatic carbocycles. The van der Waals surface area contributed by atoms with Crippen LogP contribution in [0.4, 0.5) is 22.7 Å². The zero-order valence-electron chi connectivity index (χ0n) is 21.0. The number of carbonyl (C=O) groups is 2. The fraction of sp³-hybridized carbons (Fsp3) is 0.0667. The van der Waals surface area contributed by atoms with E-state index in [1.165, 1.54) is 22.7 Å². The highest BCUT2D eigenvalue weighted by atomic mass is 32.2. The van der Waals surface area contributed by atoms with Gasteiger partial charge in [0.15, 0.2) is 18.9 Å². The van der Waals surface area contributed by atoms with E-state index in [0.717, 1.165) is 66.7 Å². The first-order chi connectivity index (χ1) is 19.6. The van der Waals surface area contributed by atoms with Gasteiger partial charge in [-0.25, -0.2) is 9.97 Å². The number of benzene rings is 4. The molecule has 0 aliphatic heterocycles. The Morgan fingerprint density at radius 2 is 1.00 bits per heavy atom. The van der Waals surface area contributed by atoms with E-state index < -0.39 is 0 Å². The summed E-state index contributed by atoms with van der Waals surface area (Å²) in [5, 5.41) is 6.68. The smallest absolute Gasteiger partial charge is 0.196 e. The third-order valence-corrected chi connectivity index (χ3v) is 10.0. The number of hydrogen-bond donors (Lipinski definition) is 2. The van der Waals surface area contributed by atoms with Crippen molar-refractivity contribution in [2.24, 2.45) is 0 Å². The molecule has 0 unspecified atom stereocenters. The van der Waals surface area contributed by atoms with E-state index in [9.17, 15) is 9.59 Å². The molecule has 40 heavy (non-hydrogen) atoms. The van der Waals surface area contributed by atoms with Gasteiger partial charge in [0.25, 0.3) is 0 Å². The van der Waals surface area contributed by atoms with Crippen LogP contribution in [0.2, 0.25) is 0 Å². The molecule has 0 bridgehead atoms. The quantitative estimate of drug-likeness (QED) is 0.159. The first-order valence-electron chi connectivity index (χ1n) is 12.5. The van der Waals surface area contributed by atoms with Crippen LogP contribution >= 0.6 is 46.2 Å². The van der Waals surface area contributed by atoms with Crippen molar-refractivity contribution in [3.8, 4) is 0 Å². The lowest BCUT2D eigenvalue weighted by Gasteiger charge is -2.06. The summed E-state index contributed by atoms with van der Waals surface area (Å²) >= 11 is 5.15. The zero-order chi connectivity index (χ0) is 27.3. The standard InChI is InChI=1S/C30H22N4O2S4/c35-25(37-29-33-23-15-7-13-21(27(23)39-29)31-19-9-3-1-4-10-19)17-18-26(36)38-30-34-24-16-8-14-22(28(24)40-30)32-20-11-5-2-6-12-20/h1-16,31-32H,17-18H2. The molecule has 6 aromatic rings. The van der Waals surface area contributed by atoms with Crippen LogP contribution in [-0.2, 0) is 9.59 Å². The van der Waals surface area contributed by atoms with Gasteiger partial charge in [-0.1, -0.05) is 48.5 Å². The summed E-state index contributed by atoms with van der Waals surface area (Å²) in [6.45, 7) is 0. The summed E-state index contributed by atoms with van der Waals surface area (Å²) < 4.78 is 3.33. The van der Waals surface area contributed by atoms with Gasteiger partial charge in [0, 0.05) is 24.2 Å². The second kappa shape index (κ2) is 12.2. The number of thiazole rings is 2. The minimum Gasteiger partial charge on any atom is -0.354 e. The number of thioether (sulfide) groups is 2. The number of rotatable bonds is 9. The average Bonchev–Trinajstić information content (AvgIpc) is 3.57. The van der Waals surface area contributed by atoms with Crippen LogP contribution in [0.5, 0.6) is 0 Å². The van der Waals surface area contributed by atoms with E-state index in [2.05, 4.69) is 20.6 Å². The molecule has 2 heterocycles. The SMILES string of the molecule is O=C(CCC(=O)Sc1nc2cccc(Nc3ccccc3)c2s1)Sc1nc2cccc(Nc3ccccc3)c2s1. The van der Waals surface area contributed by atoms with Crippen LogP contribution in [-0.4, -0.2) is 20.2 Å². The normalized spacial score (nSPS) is 11.1. The van der Waals surface area contributed by atoms with Gasteiger partial charge in [0.1, 0.15) is 0 Å². The highest BCUT2D eigenvalue weighted by molar-refractivity contribution is 8.15. The molecule has 0 fully saturated rings. The number of aromatic nitrogens is 2. The molecule has 10 heteroatoms. The predicted molar refractivity (Wildman–Crippen MR) is 170 cm³/mol. The highest BCUT2D eigenvalue weighted by Gasteiger charge is 2.17. The fourth-order valence-corrected chi connectivity index (χ4v) is 8.00. The summed E-state index contributed by atoms with van der Waals surface area (Å²) in [5.41, 5.74) is 5.55. The largest absolute Gasteiger partial charge is 0.354 e. The molecule has 0 radical (unpaired) electrons. The maximum absolute atomic E-state index is 12.7. The first kappa shape index (κ1) is 26.5. The fourth-order valence-electron chi connectivity index (χ4n) is 4.00. The molecule has 0 aliphatic rings. The van der Waals surface area contributed by atoms with Gasteiger partial charge >= 0.3 is 0 Å². The number of nitrogens with zero attached hydrogens (tertiary/aromatic N) is 2. The number of hydrogen-bond acceptors (Lipinski definition) is 10. The van der Waals surface area contributed by atoms with Crippen molar-refractivity contribution >= 4 is 99.6 Å². The average molecular weight is 599 g/mol. The maximum atomic E-state index is 12.7. The predicted octanol–water partition coefficient (Wildman–Crippen LogP) is 9.11. The lowest BCUT2D eigenvalue weighted by atomic mass is 10.2. The molecule has 6 nitrogen and oxygen atoms in total. The zero-order valence-corrected chi connectivity index (χ0v) is 24.3. The van der Waals surface area contributed by atoms with Crippen molar-refractivity contribution in [2.75, 3.05) is 10.6 Å². The van der Waals surface area contributed by atoms with Gasteiger partial charge in [0.2, 0.25) is 0 Å². The van der Waals surface area contributed by atoms with Crippen molar-refractivity contribution in [3.05, 3.63) is 97.1 Å². The Kier molecular flexibility index (Phi) is 8.10.